The normalized spacial score (nSPS) is 11.1. The van der Waals surface area contributed by atoms with Gasteiger partial charge in [-0.25, -0.2) is 4.99 Å². The van der Waals surface area contributed by atoms with Crippen LogP contribution in [0.5, 0.6) is 0 Å². The Morgan fingerprint density at radius 1 is 1.47 bits per heavy atom. The van der Waals surface area contributed by atoms with Crippen molar-refractivity contribution in [1.29, 1.82) is 0 Å². The standard InChI is InChI=1S/C13H18N4S.HI/c1-17-7-5-11(10-17)9-16-13(14)15-6-4-12-3-2-8-18-12;/h2-3,5,7-8,10H,4,6,9H2,1H3,(H3,14,15,16);1H. The molecule has 2 aromatic rings. The molecule has 0 amide bonds. The van der Waals surface area contributed by atoms with Gasteiger partial charge in [0.1, 0.15) is 0 Å². The molecule has 0 bridgehead atoms. The minimum absolute atomic E-state index is 0. The van der Waals surface area contributed by atoms with Crippen LogP contribution in [0.15, 0.2) is 41.0 Å². The van der Waals surface area contributed by atoms with Gasteiger partial charge in [0, 0.05) is 30.9 Å². The number of aliphatic imine (C=N–C) groups is 1. The average molecular weight is 390 g/mol. The van der Waals surface area contributed by atoms with Gasteiger partial charge in [0.05, 0.1) is 6.54 Å². The third-order valence-corrected chi connectivity index (χ3v) is 3.52. The molecule has 0 aliphatic carbocycles. The van der Waals surface area contributed by atoms with E-state index in [0.717, 1.165) is 13.0 Å². The van der Waals surface area contributed by atoms with Crippen molar-refractivity contribution in [1.82, 2.24) is 9.88 Å². The number of aryl methyl sites for hydroxylation is 1. The number of guanidine groups is 1. The molecule has 0 aromatic carbocycles. The Labute approximate surface area is 134 Å². The number of rotatable bonds is 5. The fraction of sp³-hybridized carbons (Fsp3) is 0.308. The molecule has 0 saturated carbocycles. The Morgan fingerprint density at radius 3 is 2.95 bits per heavy atom. The van der Waals surface area contributed by atoms with Crippen molar-refractivity contribution in [2.75, 3.05) is 6.54 Å². The summed E-state index contributed by atoms with van der Waals surface area (Å²) in [5.41, 5.74) is 6.97. The molecule has 4 nitrogen and oxygen atoms in total. The highest BCUT2D eigenvalue weighted by atomic mass is 127. The zero-order chi connectivity index (χ0) is 12.8. The number of hydrogen-bond acceptors (Lipinski definition) is 2. The zero-order valence-electron chi connectivity index (χ0n) is 10.9. The van der Waals surface area contributed by atoms with Crippen LogP contribution in [0.3, 0.4) is 0 Å². The van der Waals surface area contributed by atoms with Crippen LogP contribution in [0.2, 0.25) is 0 Å². The van der Waals surface area contributed by atoms with Gasteiger partial charge < -0.3 is 15.6 Å². The fourth-order valence-corrected chi connectivity index (χ4v) is 2.36. The van der Waals surface area contributed by atoms with Crippen LogP contribution in [0.25, 0.3) is 0 Å². The van der Waals surface area contributed by atoms with E-state index in [-0.39, 0.29) is 24.0 Å². The van der Waals surface area contributed by atoms with Crippen molar-refractivity contribution in [3.63, 3.8) is 0 Å². The summed E-state index contributed by atoms with van der Waals surface area (Å²) in [4.78, 5) is 5.66. The Balaban J connectivity index is 0.00000180. The van der Waals surface area contributed by atoms with Crippen molar-refractivity contribution < 1.29 is 0 Å². The Hall–Kier alpha value is -1.02. The van der Waals surface area contributed by atoms with Crippen molar-refractivity contribution in [2.24, 2.45) is 17.8 Å². The molecule has 0 aliphatic rings. The predicted octanol–water partition coefficient (Wildman–Crippen LogP) is 2.35. The molecule has 0 aliphatic heterocycles. The van der Waals surface area contributed by atoms with Crippen molar-refractivity contribution in [3.8, 4) is 0 Å². The van der Waals surface area contributed by atoms with Gasteiger partial charge >= 0.3 is 0 Å². The first kappa shape index (κ1) is 16.0. The van der Waals surface area contributed by atoms with E-state index in [1.165, 1.54) is 10.4 Å². The highest BCUT2D eigenvalue weighted by Crippen LogP contribution is 2.08. The van der Waals surface area contributed by atoms with Gasteiger partial charge in [0.15, 0.2) is 5.96 Å². The molecule has 19 heavy (non-hydrogen) atoms. The van der Waals surface area contributed by atoms with Crippen LogP contribution >= 0.6 is 35.3 Å². The molecule has 0 saturated heterocycles. The fourth-order valence-electron chi connectivity index (χ4n) is 1.66. The molecule has 3 N–H and O–H groups in total. The number of nitrogens with two attached hydrogens (primary N) is 1. The zero-order valence-corrected chi connectivity index (χ0v) is 14.0. The van der Waals surface area contributed by atoms with E-state index in [1.807, 2.05) is 30.1 Å². The van der Waals surface area contributed by atoms with Gasteiger partial charge in [-0.05, 0) is 29.5 Å². The van der Waals surface area contributed by atoms with Gasteiger partial charge in [-0.2, -0.15) is 0 Å². The largest absolute Gasteiger partial charge is 0.370 e. The van der Waals surface area contributed by atoms with Crippen LogP contribution < -0.4 is 11.1 Å². The van der Waals surface area contributed by atoms with E-state index >= 15 is 0 Å². The molecular formula is C13H19IN4S. The molecule has 6 heteroatoms. The molecule has 0 radical (unpaired) electrons. The second-order valence-electron chi connectivity index (χ2n) is 4.14. The maximum Gasteiger partial charge on any atom is 0.188 e. The molecule has 104 valence electrons. The number of thiophene rings is 1. The topological polar surface area (TPSA) is 55.3 Å². The van der Waals surface area contributed by atoms with Crippen LogP contribution in [0, 0.1) is 0 Å². The lowest BCUT2D eigenvalue weighted by atomic mass is 10.3. The van der Waals surface area contributed by atoms with Crippen molar-refractivity contribution in [2.45, 2.75) is 13.0 Å². The van der Waals surface area contributed by atoms with Gasteiger partial charge in [-0.1, -0.05) is 6.07 Å². The van der Waals surface area contributed by atoms with E-state index in [0.29, 0.717) is 12.5 Å². The maximum atomic E-state index is 5.80. The number of hydrogen-bond donors (Lipinski definition) is 2. The van der Waals surface area contributed by atoms with Crippen LogP contribution in [0.4, 0.5) is 0 Å². The van der Waals surface area contributed by atoms with Crippen LogP contribution in [-0.4, -0.2) is 17.1 Å². The number of nitrogens with one attached hydrogen (secondary N) is 1. The van der Waals surface area contributed by atoms with E-state index in [4.69, 9.17) is 5.73 Å². The summed E-state index contributed by atoms with van der Waals surface area (Å²) in [6.07, 6.45) is 5.03. The molecule has 2 heterocycles. The summed E-state index contributed by atoms with van der Waals surface area (Å²) in [6.45, 7) is 1.45. The monoisotopic (exact) mass is 390 g/mol. The maximum absolute atomic E-state index is 5.80. The van der Waals surface area contributed by atoms with E-state index in [9.17, 15) is 0 Å². The van der Waals surface area contributed by atoms with Gasteiger partial charge in [-0.15, -0.1) is 35.3 Å². The minimum Gasteiger partial charge on any atom is -0.370 e. The molecule has 0 fully saturated rings. The van der Waals surface area contributed by atoms with E-state index < -0.39 is 0 Å². The van der Waals surface area contributed by atoms with Crippen molar-refractivity contribution >= 4 is 41.3 Å². The van der Waals surface area contributed by atoms with E-state index in [2.05, 4.69) is 27.8 Å². The Bertz CT molecular complexity index is 504. The average Bonchev–Trinajstić information content (AvgIpc) is 2.98. The second-order valence-corrected chi connectivity index (χ2v) is 5.18. The third kappa shape index (κ3) is 5.65. The summed E-state index contributed by atoms with van der Waals surface area (Å²) in [6, 6.07) is 6.24. The lowest BCUT2D eigenvalue weighted by Crippen LogP contribution is -2.33. The quantitative estimate of drug-likeness (QED) is 0.468. The van der Waals surface area contributed by atoms with Crippen LogP contribution in [0.1, 0.15) is 10.4 Å². The summed E-state index contributed by atoms with van der Waals surface area (Å²) in [5, 5.41) is 5.21. The molecule has 2 aromatic heterocycles. The molecule has 0 spiro atoms. The Kier molecular flexibility index (Phi) is 6.93. The van der Waals surface area contributed by atoms with E-state index in [1.54, 1.807) is 11.3 Å². The molecule has 0 atom stereocenters. The number of nitrogens with zero attached hydrogens (tertiary/aromatic N) is 2. The van der Waals surface area contributed by atoms with Gasteiger partial charge in [0.2, 0.25) is 0 Å². The van der Waals surface area contributed by atoms with Gasteiger partial charge in [-0.3, -0.25) is 0 Å². The minimum atomic E-state index is 0. The lowest BCUT2D eigenvalue weighted by molar-refractivity contribution is 0.855. The molecule has 0 unspecified atom stereocenters. The summed E-state index contributed by atoms with van der Waals surface area (Å²) < 4.78 is 2.01. The first-order valence-corrected chi connectivity index (χ1v) is 6.79. The summed E-state index contributed by atoms with van der Waals surface area (Å²) in [7, 11) is 2.00. The lowest BCUT2D eigenvalue weighted by Gasteiger charge is -2.04. The smallest absolute Gasteiger partial charge is 0.188 e. The first-order chi connectivity index (χ1) is 8.74. The SMILES string of the molecule is Cn1ccc(CN=C(N)NCCc2cccs2)c1.I. The Morgan fingerprint density at radius 2 is 2.32 bits per heavy atom. The van der Waals surface area contributed by atoms with Crippen LogP contribution in [-0.2, 0) is 20.0 Å². The van der Waals surface area contributed by atoms with Crippen molar-refractivity contribution in [3.05, 3.63) is 46.4 Å². The molecule has 2 rings (SSSR count). The first-order valence-electron chi connectivity index (χ1n) is 5.91. The number of halogens is 1. The second kappa shape index (κ2) is 8.21. The molecular weight excluding hydrogens is 371 g/mol. The predicted molar refractivity (Wildman–Crippen MR) is 92.2 cm³/mol. The van der Waals surface area contributed by atoms with Gasteiger partial charge in [0.25, 0.3) is 0 Å². The third-order valence-electron chi connectivity index (χ3n) is 2.58. The number of aromatic nitrogens is 1. The summed E-state index contributed by atoms with van der Waals surface area (Å²) in [5.74, 6) is 0.510. The summed E-state index contributed by atoms with van der Waals surface area (Å²) >= 11 is 1.76. The highest BCUT2D eigenvalue weighted by molar-refractivity contribution is 14.0. The highest BCUT2D eigenvalue weighted by Gasteiger charge is 1.96.